The third kappa shape index (κ3) is 2.86. The number of carbonyl (C=O) groups is 1. The zero-order valence-electron chi connectivity index (χ0n) is 8.95. The van der Waals surface area contributed by atoms with E-state index in [0.717, 1.165) is 4.47 Å². The lowest BCUT2D eigenvalue weighted by atomic mass is 10.2. The van der Waals surface area contributed by atoms with Crippen molar-refractivity contribution in [2.24, 2.45) is 0 Å². The summed E-state index contributed by atoms with van der Waals surface area (Å²) in [6, 6.07) is 7.57. The lowest BCUT2D eigenvalue weighted by molar-refractivity contribution is 0.102. The molecule has 1 amide bonds. The van der Waals surface area contributed by atoms with Gasteiger partial charge in [-0.05, 0) is 40.2 Å². The fourth-order valence-electron chi connectivity index (χ4n) is 1.31. The Kier molecular flexibility index (Phi) is 3.93. The number of rotatable bonds is 2. The Morgan fingerprint density at radius 1 is 1.33 bits per heavy atom. The Morgan fingerprint density at radius 3 is 2.78 bits per heavy atom. The minimum atomic E-state index is -0.742. The van der Waals surface area contributed by atoms with Crippen LogP contribution in [0.4, 0.5) is 10.2 Å². The predicted octanol–water partition coefficient (Wildman–Crippen LogP) is 3.89. The molecule has 0 saturated carbocycles. The first kappa shape index (κ1) is 13.0. The molecule has 18 heavy (non-hydrogen) atoms. The van der Waals surface area contributed by atoms with Gasteiger partial charge in [0.05, 0.1) is 10.6 Å². The van der Waals surface area contributed by atoms with E-state index in [9.17, 15) is 9.18 Å². The molecule has 0 aliphatic rings. The van der Waals surface area contributed by atoms with Crippen LogP contribution >= 0.6 is 27.5 Å². The fourth-order valence-corrected chi connectivity index (χ4v) is 1.72. The Morgan fingerprint density at radius 2 is 2.11 bits per heavy atom. The van der Waals surface area contributed by atoms with Crippen LogP contribution in [0.2, 0.25) is 5.02 Å². The third-order valence-corrected chi connectivity index (χ3v) is 2.93. The molecule has 1 N–H and O–H groups in total. The van der Waals surface area contributed by atoms with Gasteiger partial charge in [-0.3, -0.25) is 4.79 Å². The molecule has 0 saturated heterocycles. The highest BCUT2D eigenvalue weighted by Gasteiger charge is 2.14. The maximum absolute atomic E-state index is 13.6. The fraction of sp³-hybridized carbons (Fsp3) is 0. The number of hydrogen-bond acceptors (Lipinski definition) is 2. The summed E-state index contributed by atoms with van der Waals surface area (Å²) < 4.78 is 14.4. The summed E-state index contributed by atoms with van der Waals surface area (Å²) in [4.78, 5) is 15.8. The monoisotopic (exact) mass is 328 g/mol. The first-order valence-corrected chi connectivity index (χ1v) is 6.12. The molecule has 1 aromatic heterocycles. The number of halogens is 3. The van der Waals surface area contributed by atoms with Crippen LogP contribution in [0.3, 0.4) is 0 Å². The van der Waals surface area contributed by atoms with Gasteiger partial charge in [0.15, 0.2) is 5.82 Å². The Bertz CT molecular complexity index is 589. The van der Waals surface area contributed by atoms with Crippen LogP contribution in [0.15, 0.2) is 41.0 Å². The zero-order valence-corrected chi connectivity index (χ0v) is 11.3. The zero-order chi connectivity index (χ0) is 13.1. The van der Waals surface area contributed by atoms with E-state index in [1.54, 1.807) is 12.1 Å². The topological polar surface area (TPSA) is 42.0 Å². The van der Waals surface area contributed by atoms with Crippen molar-refractivity contribution in [2.75, 3.05) is 5.32 Å². The summed E-state index contributed by atoms with van der Waals surface area (Å²) >= 11 is 8.83. The lowest BCUT2D eigenvalue weighted by Crippen LogP contribution is -2.14. The van der Waals surface area contributed by atoms with E-state index in [-0.39, 0.29) is 10.6 Å². The van der Waals surface area contributed by atoms with Gasteiger partial charge in [-0.1, -0.05) is 17.7 Å². The Balaban J connectivity index is 2.22. The Labute approximate surface area is 116 Å². The van der Waals surface area contributed by atoms with E-state index in [2.05, 4.69) is 26.2 Å². The van der Waals surface area contributed by atoms with Crippen molar-refractivity contribution in [3.05, 3.63) is 57.4 Å². The molecule has 0 atom stereocenters. The molecule has 92 valence electrons. The van der Waals surface area contributed by atoms with E-state index in [1.165, 1.54) is 24.4 Å². The average molecular weight is 330 g/mol. The van der Waals surface area contributed by atoms with Crippen molar-refractivity contribution in [3.63, 3.8) is 0 Å². The second-order valence-corrected chi connectivity index (χ2v) is 4.74. The number of pyridine rings is 1. The second kappa shape index (κ2) is 5.46. The predicted molar refractivity (Wildman–Crippen MR) is 71.3 cm³/mol. The van der Waals surface area contributed by atoms with Crippen molar-refractivity contribution >= 4 is 39.3 Å². The molecule has 0 aliphatic heterocycles. The molecule has 0 spiro atoms. The molecular weight excluding hydrogens is 322 g/mol. The number of aromatic nitrogens is 1. The van der Waals surface area contributed by atoms with Crippen LogP contribution in [0.1, 0.15) is 10.4 Å². The molecule has 6 heteroatoms. The standard InChI is InChI=1S/C12H7BrClFN2O/c13-7-4-5-10(16-6-7)17-12(18)8-2-1-3-9(14)11(8)15/h1-6H,(H,16,17,18). The molecular formula is C12H7BrClFN2O. The minimum absolute atomic E-state index is 0.0913. The first-order chi connectivity index (χ1) is 8.58. The smallest absolute Gasteiger partial charge is 0.259 e. The van der Waals surface area contributed by atoms with Crippen LogP contribution < -0.4 is 5.32 Å². The van der Waals surface area contributed by atoms with Crippen molar-refractivity contribution in [1.29, 1.82) is 0 Å². The van der Waals surface area contributed by atoms with Crippen molar-refractivity contribution in [3.8, 4) is 0 Å². The lowest BCUT2D eigenvalue weighted by Gasteiger charge is -2.06. The Hall–Kier alpha value is -1.46. The van der Waals surface area contributed by atoms with E-state index >= 15 is 0 Å². The van der Waals surface area contributed by atoms with Crippen LogP contribution in [0.5, 0.6) is 0 Å². The first-order valence-electron chi connectivity index (χ1n) is 4.95. The molecule has 0 fully saturated rings. The normalized spacial score (nSPS) is 10.2. The highest BCUT2D eigenvalue weighted by atomic mass is 79.9. The van der Waals surface area contributed by atoms with Crippen LogP contribution in [0.25, 0.3) is 0 Å². The summed E-state index contributed by atoms with van der Waals surface area (Å²) in [6.07, 6.45) is 1.53. The van der Waals surface area contributed by atoms with Gasteiger partial charge in [-0.25, -0.2) is 9.37 Å². The van der Waals surface area contributed by atoms with Crippen LogP contribution in [-0.4, -0.2) is 10.9 Å². The quantitative estimate of drug-likeness (QED) is 0.908. The van der Waals surface area contributed by atoms with E-state index in [4.69, 9.17) is 11.6 Å². The maximum atomic E-state index is 13.6. The molecule has 2 rings (SSSR count). The number of nitrogens with zero attached hydrogens (tertiary/aromatic N) is 1. The highest BCUT2D eigenvalue weighted by molar-refractivity contribution is 9.10. The third-order valence-electron chi connectivity index (χ3n) is 2.17. The molecule has 1 aromatic carbocycles. The summed E-state index contributed by atoms with van der Waals surface area (Å²) in [6.45, 7) is 0. The molecule has 0 unspecified atom stereocenters. The van der Waals surface area contributed by atoms with Crippen molar-refractivity contribution in [2.45, 2.75) is 0 Å². The number of amides is 1. The highest BCUT2D eigenvalue weighted by Crippen LogP contribution is 2.19. The summed E-state index contributed by atoms with van der Waals surface area (Å²) in [5.41, 5.74) is -0.118. The van der Waals surface area contributed by atoms with Gasteiger partial charge in [-0.15, -0.1) is 0 Å². The molecule has 0 radical (unpaired) electrons. The molecule has 0 aliphatic carbocycles. The number of carbonyl (C=O) groups excluding carboxylic acids is 1. The van der Waals surface area contributed by atoms with Gasteiger partial charge in [0.2, 0.25) is 0 Å². The molecule has 0 bridgehead atoms. The molecule has 1 heterocycles. The van der Waals surface area contributed by atoms with Gasteiger partial charge < -0.3 is 5.32 Å². The molecule has 2 aromatic rings. The van der Waals surface area contributed by atoms with E-state index in [0.29, 0.717) is 5.82 Å². The largest absolute Gasteiger partial charge is 0.306 e. The van der Waals surface area contributed by atoms with Crippen molar-refractivity contribution < 1.29 is 9.18 Å². The summed E-state index contributed by atoms with van der Waals surface area (Å²) in [7, 11) is 0. The number of nitrogens with one attached hydrogen (secondary N) is 1. The van der Waals surface area contributed by atoms with Crippen LogP contribution in [0, 0.1) is 5.82 Å². The van der Waals surface area contributed by atoms with E-state index in [1.807, 2.05) is 0 Å². The van der Waals surface area contributed by atoms with Gasteiger partial charge >= 0.3 is 0 Å². The minimum Gasteiger partial charge on any atom is -0.306 e. The van der Waals surface area contributed by atoms with Gasteiger partial charge in [-0.2, -0.15) is 0 Å². The molecule has 3 nitrogen and oxygen atoms in total. The van der Waals surface area contributed by atoms with Crippen molar-refractivity contribution in [1.82, 2.24) is 4.98 Å². The number of anilines is 1. The second-order valence-electron chi connectivity index (χ2n) is 3.42. The van der Waals surface area contributed by atoms with E-state index < -0.39 is 11.7 Å². The van der Waals surface area contributed by atoms with Gasteiger partial charge in [0.1, 0.15) is 5.82 Å². The summed E-state index contributed by atoms with van der Waals surface area (Å²) in [5.74, 6) is -0.999. The average Bonchev–Trinajstić information content (AvgIpc) is 2.35. The maximum Gasteiger partial charge on any atom is 0.259 e. The number of benzene rings is 1. The van der Waals surface area contributed by atoms with Gasteiger partial charge in [0, 0.05) is 10.7 Å². The van der Waals surface area contributed by atoms with Gasteiger partial charge in [0.25, 0.3) is 5.91 Å². The summed E-state index contributed by atoms with van der Waals surface area (Å²) in [5, 5.41) is 2.39. The van der Waals surface area contributed by atoms with Crippen LogP contribution in [-0.2, 0) is 0 Å². The SMILES string of the molecule is O=C(Nc1ccc(Br)cn1)c1cccc(Cl)c1F. The number of hydrogen-bond donors (Lipinski definition) is 1.